The van der Waals surface area contributed by atoms with Gasteiger partial charge in [-0.2, -0.15) is 0 Å². The van der Waals surface area contributed by atoms with Crippen molar-refractivity contribution >= 4 is 8.03 Å². The van der Waals surface area contributed by atoms with E-state index < -0.39 is 8.03 Å². The molecule has 0 fully saturated rings. The molecule has 0 aliphatic rings. The van der Waals surface area contributed by atoms with Crippen LogP contribution in [-0.4, -0.2) is 6.61 Å². The summed E-state index contributed by atoms with van der Waals surface area (Å²) < 4.78 is 15.4. The molecule has 0 spiro atoms. The molecule has 0 amide bonds. The molecule has 0 aromatic carbocycles. The zero-order valence-corrected chi connectivity index (χ0v) is 6.36. The first-order valence-corrected chi connectivity index (χ1v) is 4.01. The van der Waals surface area contributed by atoms with Crippen LogP contribution >= 0.6 is 8.03 Å². The molecule has 2 nitrogen and oxygen atoms in total. The number of hydrogen-bond acceptors (Lipinski definition) is 2. The van der Waals surface area contributed by atoms with E-state index in [-0.39, 0.29) is 0 Å². The van der Waals surface area contributed by atoms with Gasteiger partial charge < -0.3 is 0 Å². The first kappa shape index (κ1) is 8.58. The van der Waals surface area contributed by atoms with Crippen LogP contribution in [0.4, 0.5) is 0 Å². The lowest BCUT2D eigenvalue weighted by Crippen LogP contribution is -1.79. The summed E-state index contributed by atoms with van der Waals surface area (Å²) in [6.07, 6.45) is 0.881. The van der Waals surface area contributed by atoms with Crippen LogP contribution in [-0.2, 0) is 9.09 Å². The van der Waals surface area contributed by atoms with Crippen molar-refractivity contribution in [3.05, 3.63) is 18.1 Å². The van der Waals surface area contributed by atoms with Crippen molar-refractivity contribution < 1.29 is 9.09 Å². The number of rotatable bonds is 4. The van der Waals surface area contributed by atoms with E-state index in [4.69, 9.17) is 4.52 Å². The van der Waals surface area contributed by atoms with Crippen molar-refractivity contribution in [3.63, 3.8) is 0 Å². The fourth-order valence-electron chi connectivity index (χ4n) is 0.293. The maximum atomic E-state index is 10.6. The second-order valence-electron chi connectivity index (χ2n) is 1.45. The summed E-state index contributed by atoms with van der Waals surface area (Å²) in [7, 11) is -1.64. The first-order valence-electron chi connectivity index (χ1n) is 2.76. The van der Waals surface area contributed by atoms with Gasteiger partial charge in [0.15, 0.2) is 0 Å². The Hall–Kier alpha value is -0.420. The predicted molar refractivity (Wildman–Crippen MR) is 37.6 cm³/mol. The van der Waals surface area contributed by atoms with Gasteiger partial charge in [-0.3, -0.25) is 0 Å². The Kier molecular flexibility index (Phi) is 5.45. The maximum absolute atomic E-state index is 10.6. The van der Waals surface area contributed by atoms with E-state index in [0.717, 1.165) is 6.42 Å². The lowest BCUT2D eigenvalue weighted by molar-refractivity contribution is 0.334. The highest BCUT2D eigenvalue weighted by molar-refractivity contribution is 7.42. The smallest absolute Gasteiger partial charge is 0.142 e. The third-order valence-electron chi connectivity index (χ3n) is 0.619. The lowest BCUT2D eigenvalue weighted by atomic mass is 10.5. The van der Waals surface area contributed by atoms with Crippen LogP contribution in [0.2, 0.25) is 0 Å². The molecule has 3 heteroatoms. The largest absolute Gasteiger partial charge is 0.549 e. The highest BCUT2D eigenvalue weighted by Gasteiger charge is 2.09. The zero-order valence-electron chi connectivity index (χ0n) is 5.46. The lowest BCUT2D eigenvalue weighted by Gasteiger charge is -1.79. The highest BCUT2D eigenvalue weighted by atomic mass is 31.1. The van der Waals surface area contributed by atoms with E-state index in [1.165, 1.54) is 5.82 Å². The molecule has 0 radical (unpaired) electrons. The Labute approximate surface area is 56.1 Å². The average molecular weight is 145 g/mol. The van der Waals surface area contributed by atoms with E-state index >= 15 is 0 Å². The van der Waals surface area contributed by atoms with Gasteiger partial charge in [-0.25, -0.2) is 0 Å². The summed E-state index contributed by atoms with van der Waals surface area (Å²) in [6.45, 7) is 5.76. The summed E-state index contributed by atoms with van der Waals surface area (Å²) in [4.78, 5) is 0. The van der Waals surface area contributed by atoms with Crippen molar-refractivity contribution in [2.45, 2.75) is 13.3 Å². The molecule has 0 bridgehead atoms. The van der Waals surface area contributed by atoms with Crippen molar-refractivity contribution in [2.24, 2.45) is 0 Å². The van der Waals surface area contributed by atoms with Gasteiger partial charge in [-0.1, -0.05) is 19.2 Å². The molecule has 0 aromatic heterocycles. The Morgan fingerprint density at radius 3 is 3.00 bits per heavy atom. The Morgan fingerprint density at radius 2 is 2.56 bits per heavy atom. The van der Waals surface area contributed by atoms with Gasteiger partial charge in [0.2, 0.25) is 5.82 Å². The summed E-state index contributed by atoms with van der Waals surface area (Å²) in [6, 6.07) is 0. The maximum Gasteiger partial charge on any atom is 0.549 e. The zero-order chi connectivity index (χ0) is 7.11. The minimum absolute atomic E-state index is 0.535. The summed E-state index contributed by atoms with van der Waals surface area (Å²) in [5.41, 5.74) is 2.39. The average Bonchev–Trinajstić information content (AvgIpc) is 1.85. The fourth-order valence-corrected chi connectivity index (χ4v) is 0.879. The van der Waals surface area contributed by atoms with Crippen LogP contribution in [0, 0.1) is 0 Å². The molecule has 1 atom stereocenters. The third kappa shape index (κ3) is 5.45. The molecule has 0 aromatic rings. The van der Waals surface area contributed by atoms with E-state index in [9.17, 15) is 4.57 Å². The molecule has 0 N–H and O–H groups in total. The molecule has 0 rings (SSSR count). The van der Waals surface area contributed by atoms with E-state index in [1.54, 1.807) is 0 Å². The van der Waals surface area contributed by atoms with Crippen molar-refractivity contribution in [1.82, 2.24) is 0 Å². The minimum Gasteiger partial charge on any atom is -0.142 e. The van der Waals surface area contributed by atoms with Crippen LogP contribution < -0.4 is 0 Å². The summed E-state index contributed by atoms with van der Waals surface area (Å²) in [5.74, 6) is 1.32. The molecule has 0 aliphatic carbocycles. The fraction of sp³-hybridized carbons (Fsp3) is 0.500. The minimum atomic E-state index is -1.64. The predicted octanol–water partition coefficient (Wildman–Crippen LogP) is 2.45. The van der Waals surface area contributed by atoms with Crippen LogP contribution in [0.5, 0.6) is 0 Å². The molecule has 1 unspecified atom stereocenters. The molecule has 0 aliphatic heterocycles. The Morgan fingerprint density at radius 1 is 1.89 bits per heavy atom. The Balaban J connectivity index is 3.39. The molecular formula is C6H10O2P+. The van der Waals surface area contributed by atoms with Gasteiger partial charge in [-0.05, 0) is 11.0 Å². The Bertz CT molecular complexity index is 136. The van der Waals surface area contributed by atoms with Crippen molar-refractivity contribution in [3.8, 4) is 0 Å². The molecular weight excluding hydrogens is 135 g/mol. The van der Waals surface area contributed by atoms with Crippen LogP contribution in [0.3, 0.4) is 0 Å². The summed E-state index contributed by atoms with van der Waals surface area (Å²) >= 11 is 0. The SMILES string of the molecule is C=C=C[P+](=O)OCCC. The van der Waals surface area contributed by atoms with Gasteiger partial charge >= 0.3 is 8.03 Å². The molecule has 0 saturated carbocycles. The standard InChI is InChI=1S/C6H10O2P/c1-3-5-8-9(7)6-4-2/h6H,2-3,5H2,1H3/q+1. The van der Waals surface area contributed by atoms with Gasteiger partial charge in [0.1, 0.15) is 6.61 Å². The highest BCUT2D eigenvalue weighted by Crippen LogP contribution is 2.22. The normalized spacial score (nSPS) is 10.1. The quantitative estimate of drug-likeness (QED) is 0.448. The molecule has 9 heavy (non-hydrogen) atoms. The van der Waals surface area contributed by atoms with Crippen molar-refractivity contribution in [2.75, 3.05) is 6.61 Å². The van der Waals surface area contributed by atoms with Gasteiger partial charge in [0.25, 0.3) is 0 Å². The van der Waals surface area contributed by atoms with Gasteiger partial charge in [0, 0.05) is 0 Å². The first-order chi connectivity index (χ1) is 4.31. The van der Waals surface area contributed by atoms with E-state index in [2.05, 4.69) is 12.3 Å². The molecule has 0 saturated heterocycles. The topological polar surface area (TPSA) is 26.3 Å². The second-order valence-corrected chi connectivity index (χ2v) is 2.54. The molecule has 50 valence electrons. The van der Waals surface area contributed by atoms with Crippen LogP contribution in [0.25, 0.3) is 0 Å². The van der Waals surface area contributed by atoms with E-state index in [1.807, 2.05) is 6.92 Å². The van der Waals surface area contributed by atoms with Crippen LogP contribution in [0.1, 0.15) is 13.3 Å². The van der Waals surface area contributed by atoms with Gasteiger partial charge in [0.05, 0.1) is 0 Å². The van der Waals surface area contributed by atoms with Crippen molar-refractivity contribution in [1.29, 1.82) is 0 Å². The third-order valence-corrected chi connectivity index (χ3v) is 1.45. The van der Waals surface area contributed by atoms with Gasteiger partial charge in [-0.15, -0.1) is 4.52 Å². The monoisotopic (exact) mass is 145 g/mol. The summed E-state index contributed by atoms with van der Waals surface area (Å²) in [5, 5.41) is 0. The van der Waals surface area contributed by atoms with Crippen LogP contribution in [0.15, 0.2) is 18.1 Å². The second kappa shape index (κ2) is 5.71. The number of hydrogen-bond donors (Lipinski definition) is 0. The molecule has 0 heterocycles. The van der Waals surface area contributed by atoms with E-state index in [0.29, 0.717) is 6.61 Å².